The second-order valence-corrected chi connectivity index (χ2v) is 15.5. The van der Waals surface area contributed by atoms with E-state index >= 15 is 0 Å². The van der Waals surface area contributed by atoms with Crippen molar-refractivity contribution in [2.24, 2.45) is 0 Å². The predicted octanol–water partition coefficient (Wildman–Crippen LogP) is 14.6. The van der Waals surface area contributed by atoms with E-state index in [9.17, 15) is 5.26 Å². The van der Waals surface area contributed by atoms with Crippen LogP contribution in [0.15, 0.2) is 182 Å². The van der Waals surface area contributed by atoms with Crippen molar-refractivity contribution in [1.29, 1.82) is 5.26 Å². The average Bonchev–Trinajstić information content (AvgIpc) is 3.86. The second-order valence-electron chi connectivity index (χ2n) is 15.5. The summed E-state index contributed by atoms with van der Waals surface area (Å²) in [6.07, 6.45) is 0. The van der Waals surface area contributed by atoms with Crippen LogP contribution in [0, 0.1) is 31.4 Å². The van der Waals surface area contributed by atoms with Crippen molar-refractivity contribution in [2.75, 3.05) is 0 Å². The van der Waals surface area contributed by atoms with E-state index in [0.29, 0.717) is 50.8 Å². The lowest BCUT2D eigenvalue weighted by Crippen LogP contribution is -1.98. The Balaban J connectivity index is 1.02. The third-order valence-corrected chi connectivity index (χ3v) is 12.0. The third-order valence-electron chi connectivity index (χ3n) is 12.0. The number of fused-ring (bicyclic) bond motifs is 6. The van der Waals surface area contributed by atoms with Crippen LogP contribution in [0.4, 0.5) is 11.4 Å². The van der Waals surface area contributed by atoms with Gasteiger partial charge in [-0.25, -0.2) is 19.7 Å². The fourth-order valence-electron chi connectivity index (χ4n) is 9.05. The normalized spacial score (nSPS) is 11.2. The van der Waals surface area contributed by atoms with Gasteiger partial charge in [-0.3, -0.25) is 0 Å². The molecule has 0 saturated heterocycles. The highest BCUT2D eigenvalue weighted by Crippen LogP contribution is 2.41. The van der Waals surface area contributed by atoms with Crippen LogP contribution in [0.25, 0.3) is 110 Å². The molecule has 0 aliphatic rings. The van der Waals surface area contributed by atoms with Crippen LogP contribution in [0.1, 0.15) is 11.1 Å². The van der Waals surface area contributed by atoms with Gasteiger partial charge in [0.05, 0.1) is 58.2 Å². The molecule has 292 valence electrons. The molecule has 3 aromatic heterocycles. The number of benzene rings is 8. The van der Waals surface area contributed by atoms with Gasteiger partial charge < -0.3 is 9.13 Å². The minimum atomic E-state index is 0.373. The van der Waals surface area contributed by atoms with E-state index in [1.54, 1.807) is 18.2 Å². The Hall–Kier alpha value is -9.09. The second kappa shape index (κ2) is 14.9. The number of hydrogen-bond donors (Lipinski definition) is 0. The predicted molar refractivity (Wildman–Crippen MR) is 254 cm³/mol. The molecular weight excluding hydrogens is 771 g/mol. The monoisotopic (exact) mass is 803 g/mol. The summed E-state index contributed by atoms with van der Waals surface area (Å²) in [6, 6.07) is 63.5. The van der Waals surface area contributed by atoms with Gasteiger partial charge in [0, 0.05) is 49.6 Å². The SMILES string of the molecule is [C-]#[N+]c1cc(-c2cc(-c3ccccc3C)nc(-c3ccccc3[N+]#[C-])n2)c(C#N)cc1-c1ccc(-n2c3ccccc3c3cc(-n4c5ccccc5c5ccccc54)ccc32)cc1. The minimum Gasteiger partial charge on any atom is -0.309 e. The summed E-state index contributed by atoms with van der Waals surface area (Å²) in [6.45, 7) is 18.2. The lowest BCUT2D eigenvalue weighted by molar-refractivity contribution is 1.17. The van der Waals surface area contributed by atoms with E-state index in [0.717, 1.165) is 49.9 Å². The van der Waals surface area contributed by atoms with Gasteiger partial charge in [0.15, 0.2) is 11.4 Å². The Bertz CT molecular complexity index is 3740. The van der Waals surface area contributed by atoms with Gasteiger partial charge in [-0.2, -0.15) is 5.26 Å². The maximum Gasteiger partial charge on any atom is 0.198 e. The van der Waals surface area contributed by atoms with Gasteiger partial charge in [-0.1, -0.05) is 115 Å². The Kier molecular flexibility index (Phi) is 8.72. The highest BCUT2D eigenvalue weighted by atomic mass is 15.0. The molecule has 0 amide bonds. The first kappa shape index (κ1) is 36.9. The highest BCUT2D eigenvalue weighted by molar-refractivity contribution is 6.12. The lowest BCUT2D eigenvalue weighted by Gasteiger charge is -2.14. The molecule has 0 fully saturated rings. The Morgan fingerprint density at radius 1 is 0.460 bits per heavy atom. The number of rotatable bonds is 6. The first-order valence-electron chi connectivity index (χ1n) is 20.5. The molecule has 8 aromatic carbocycles. The van der Waals surface area contributed by atoms with Crippen LogP contribution in [0.2, 0.25) is 0 Å². The summed E-state index contributed by atoms with van der Waals surface area (Å²) >= 11 is 0. The largest absolute Gasteiger partial charge is 0.309 e. The summed E-state index contributed by atoms with van der Waals surface area (Å²) in [4.78, 5) is 17.6. The van der Waals surface area contributed by atoms with Gasteiger partial charge in [0.25, 0.3) is 0 Å². The number of hydrogen-bond acceptors (Lipinski definition) is 3. The molecule has 0 N–H and O–H groups in total. The molecule has 0 aliphatic carbocycles. The number of nitriles is 1. The van der Waals surface area contributed by atoms with Crippen molar-refractivity contribution < 1.29 is 0 Å². The first-order valence-corrected chi connectivity index (χ1v) is 20.5. The standard InChI is InChI=1S/C56H33N7/c1-35-14-4-5-15-40(35)50-33-51(61-56(60-50)44-19-6-10-20-48(44)58-2)46-32-49(59-3)45(30-37(46)34-57)36-24-26-38(27-25-36)62-54-23-13-9-18-43(54)47-31-39(28-29-55(47)62)63-52-21-11-7-16-41(52)42-17-8-12-22-53(42)63/h4-33H,1H3. The van der Waals surface area contributed by atoms with Crippen LogP contribution in [-0.4, -0.2) is 19.1 Å². The Morgan fingerprint density at radius 2 is 0.984 bits per heavy atom. The Morgan fingerprint density at radius 3 is 1.62 bits per heavy atom. The smallest absolute Gasteiger partial charge is 0.198 e. The van der Waals surface area contributed by atoms with E-state index in [1.165, 1.54) is 21.8 Å². The molecule has 0 radical (unpaired) electrons. The fraction of sp³-hybridized carbons (Fsp3) is 0.0179. The van der Waals surface area contributed by atoms with Crippen molar-refractivity contribution in [3.8, 4) is 62.5 Å². The third kappa shape index (κ3) is 6.02. The summed E-state index contributed by atoms with van der Waals surface area (Å²) in [5, 5.41) is 15.4. The fourth-order valence-corrected chi connectivity index (χ4v) is 9.05. The van der Waals surface area contributed by atoms with Crippen LogP contribution < -0.4 is 0 Å². The molecule has 0 aliphatic heterocycles. The Labute approximate surface area is 363 Å². The molecule has 0 unspecified atom stereocenters. The van der Waals surface area contributed by atoms with Gasteiger partial charge >= 0.3 is 0 Å². The van der Waals surface area contributed by atoms with E-state index in [1.807, 2.05) is 67.6 Å². The van der Waals surface area contributed by atoms with Gasteiger partial charge in [0.1, 0.15) is 5.82 Å². The van der Waals surface area contributed by atoms with Crippen LogP contribution in [0.5, 0.6) is 0 Å². The molecule has 0 saturated carbocycles. The average molecular weight is 804 g/mol. The van der Waals surface area contributed by atoms with E-state index < -0.39 is 0 Å². The minimum absolute atomic E-state index is 0.373. The molecule has 3 heterocycles. The zero-order chi connectivity index (χ0) is 42.6. The number of para-hydroxylation sites is 4. The van der Waals surface area contributed by atoms with Crippen LogP contribution >= 0.6 is 0 Å². The van der Waals surface area contributed by atoms with Gasteiger partial charge in [-0.15, -0.1) is 0 Å². The van der Waals surface area contributed by atoms with Crippen LogP contribution in [0.3, 0.4) is 0 Å². The van der Waals surface area contributed by atoms with E-state index in [-0.39, 0.29) is 0 Å². The molecule has 0 atom stereocenters. The van der Waals surface area contributed by atoms with Crippen molar-refractivity contribution >= 4 is 55.0 Å². The number of aryl methyl sites for hydroxylation is 1. The number of nitrogens with zero attached hydrogens (tertiary/aromatic N) is 7. The lowest BCUT2D eigenvalue weighted by atomic mass is 9.95. The highest BCUT2D eigenvalue weighted by Gasteiger charge is 2.20. The summed E-state index contributed by atoms with van der Waals surface area (Å²) < 4.78 is 4.64. The molecule has 0 spiro atoms. The van der Waals surface area contributed by atoms with Crippen molar-refractivity contribution in [1.82, 2.24) is 19.1 Å². The van der Waals surface area contributed by atoms with E-state index in [2.05, 4.69) is 128 Å². The zero-order valence-electron chi connectivity index (χ0n) is 34.0. The molecule has 11 aromatic rings. The van der Waals surface area contributed by atoms with Crippen molar-refractivity contribution in [3.63, 3.8) is 0 Å². The topological polar surface area (TPSA) is 68.2 Å². The van der Waals surface area contributed by atoms with Crippen molar-refractivity contribution in [2.45, 2.75) is 6.92 Å². The quantitative estimate of drug-likeness (QED) is 0.157. The first-order chi connectivity index (χ1) is 31.0. The molecular formula is C56H33N7. The van der Waals surface area contributed by atoms with Crippen LogP contribution in [-0.2, 0) is 0 Å². The number of aromatic nitrogens is 4. The maximum absolute atomic E-state index is 10.7. The zero-order valence-corrected chi connectivity index (χ0v) is 34.0. The molecule has 63 heavy (non-hydrogen) atoms. The summed E-state index contributed by atoms with van der Waals surface area (Å²) in [5.74, 6) is 0.373. The molecule has 11 rings (SSSR count). The molecule has 7 nitrogen and oxygen atoms in total. The van der Waals surface area contributed by atoms with Gasteiger partial charge in [0.2, 0.25) is 0 Å². The summed E-state index contributed by atoms with van der Waals surface area (Å²) in [7, 11) is 0. The van der Waals surface area contributed by atoms with Crippen molar-refractivity contribution in [3.05, 3.63) is 216 Å². The molecule has 7 heteroatoms. The van der Waals surface area contributed by atoms with E-state index in [4.69, 9.17) is 23.1 Å². The summed E-state index contributed by atoms with van der Waals surface area (Å²) in [5.41, 5.74) is 13.5. The molecule has 0 bridgehead atoms. The maximum atomic E-state index is 10.7. The van der Waals surface area contributed by atoms with Gasteiger partial charge in [-0.05, 0) is 90.3 Å².